The van der Waals surface area contributed by atoms with Crippen molar-refractivity contribution in [3.63, 3.8) is 0 Å². The number of rotatable bonds is 3. The molecule has 5 heteroatoms. The highest BCUT2D eigenvalue weighted by Gasteiger charge is 2.60. The first-order valence-electron chi connectivity index (χ1n) is 11.9. The standard InChI is InChI=1S/C30H26N2O3/c1-18-16-19(2)26(20(3)17-18)31-29(33)25-27(24-15-9-11-21-10-7-8-14-23(21)24)32(35-28(25)30(31)34)22-12-5-4-6-13-22/h4-17,25,27-28H,1-3H3/t25-,27+,28-/m0/s1. The van der Waals surface area contributed by atoms with Crippen molar-refractivity contribution in [3.05, 3.63) is 107 Å². The van der Waals surface area contributed by atoms with Gasteiger partial charge in [-0.1, -0.05) is 78.4 Å². The van der Waals surface area contributed by atoms with E-state index in [1.54, 1.807) is 5.06 Å². The number of para-hydroxylation sites is 1. The van der Waals surface area contributed by atoms with Crippen molar-refractivity contribution in [2.24, 2.45) is 5.92 Å². The average molecular weight is 463 g/mol. The van der Waals surface area contributed by atoms with Crippen LogP contribution in [0.2, 0.25) is 0 Å². The molecular formula is C30H26N2O3. The van der Waals surface area contributed by atoms with Gasteiger partial charge in [-0.15, -0.1) is 0 Å². The number of imide groups is 1. The van der Waals surface area contributed by atoms with Crippen molar-refractivity contribution in [2.75, 3.05) is 9.96 Å². The normalized spacial score (nSPS) is 21.7. The number of hydroxylamine groups is 1. The Kier molecular flexibility index (Phi) is 4.97. The molecule has 0 saturated carbocycles. The second-order valence-electron chi connectivity index (χ2n) is 9.49. The van der Waals surface area contributed by atoms with Crippen LogP contribution in [0.5, 0.6) is 0 Å². The minimum atomic E-state index is -0.883. The van der Waals surface area contributed by atoms with Gasteiger partial charge in [0, 0.05) is 0 Å². The molecule has 4 aromatic carbocycles. The fraction of sp³-hybridized carbons (Fsp3) is 0.200. The van der Waals surface area contributed by atoms with Gasteiger partial charge in [0.2, 0.25) is 5.91 Å². The van der Waals surface area contributed by atoms with Gasteiger partial charge in [0.25, 0.3) is 5.91 Å². The van der Waals surface area contributed by atoms with Crippen molar-refractivity contribution >= 4 is 34.0 Å². The summed E-state index contributed by atoms with van der Waals surface area (Å²) in [5, 5.41) is 3.89. The molecule has 35 heavy (non-hydrogen) atoms. The maximum Gasteiger partial charge on any atom is 0.266 e. The summed E-state index contributed by atoms with van der Waals surface area (Å²) in [4.78, 5) is 35.5. The molecule has 3 atom stereocenters. The Hall–Kier alpha value is -3.96. The number of benzene rings is 4. The predicted molar refractivity (Wildman–Crippen MR) is 137 cm³/mol. The first-order valence-corrected chi connectivity index (χ1v) is 11.9. The average Bonchev–Trinajstić information content (AvgIpc) is 3.35. The monoisotopic (exact) mass is 462 g/mol. The van der Waals surface area contributed by atoms with Crippen LogP contribution in [0.4, 0.5) is 11.4 Å². The molecule has 6 rings (SSSR count). The summed E-state index contributed by atoms with van der Waals surface area (Å²) < 4.78 is 0. The molecule has 0 N–H and O–H groups in total. The topological polar surface area (TPSA) is 49.9 Å². The summed E-state index contributed by atoms with van der Waals surface area (Å²) in [7, 11) is 0. The van der Waals surface area contributed by atoms with Crippen LogP contribution in [-0.4, -0.2) is 17.9 Å². The first-order chi connectivity index (χ1) is 17.0. The van der Waals surface area contributed by atoms with Gasteiger partial charge in [-0.05, 0) is 60.4 Å². The van der Waals surface area contributed by atoms with E-state index in [0.717, 1.165) is 38.7 Å². The van der Waals surface area contributed by atoms with Crippen LogP contribution >= 0.6 is 0 Å². The lowest BCUT2D eigenvalue weighted by atomic mass is 9.87. The molecular weight excluding hydrogens is 436 g/mol. The number of hydrogen-bond acceptors (Lipinski definition) is 4. The Labute approximate surface area is 204 Å². The summed E-state index contributed by atoms with van der Waals surface area (Å²) >= 11 is 0. The van der Waals surface area contributed by atoms with Crippen LogP contribution < -0.4 is 9.96 Å². The van der Waals surface area contributed by atoms with Crippen molar-refractivity contribution in [3.8, 4) is 0 Å². The van der Waals surface area contributed by atoms with Crippen molar-refractivity contribution in [2.45, 2.75) is 32.9 Å². The largest absolute Gasteiger partial charge is 0.273 e. The highest BCUT2D eigenvalue weighted by Crippen LogP contribution is 2.49. The summed E-state index contributed by atoms with van der Waals surface area (Å²) in [6.45, 7) is 5.91. The molecule has 0 radical (unpaired) electrons. The molecule has 2 fully saturated rings. The molecule has 2 saturated heterocycles. The maximum atomic E-state index is 14.1. The van der Waals surface area contributed by atoms with Gasteiger partial charge < -0.3 is 0 Å². The molecule has 174 valence electrons. The number of amides is 2. The van der Waals surface area contributed by atoms with Crippen LogP contribution in [0.3, 0.4) is 0 Å². The van der Waals surface area contributed by atoms with Gasteiger partial charge in [-0.3, -0.25) is 14.4 Å². The molecule has 0 bridgehead atoms. The Morgan fingerprint density at radius 3 is 2.14 bits per heavy atom. The minimum Gasteiger partial charge on any atom is -0.273 e. The number of carbonyl (C=O) groups is 2. The quantitative estimate of drug-likeness (QED) is 0.360. The van der Waals surface area contributed by atoms with E-state index < -0.39 is 18.1 Å². The second kappa shape index (κ2) is 8.07. The second-order valence-corrected chi connectivity index (χ2v) is 9.49. The number of fused-ring (bicyclic) bond motifs is 2. The smallest absolute Gasteiger partial charge is 0.266 e. The van der Waals surface area contributed by atoms with Crippen molar-refractivity contribution in [1.29, 1.82) is 0 Å². The van der Waals surface area contributed by atoms with Crippen LogP contribution in [0.1, 0.15) is 28.3 Å². The van der Waals surface area contributed by atoms with E-state index in [0.29, 0.717) is 5.69 Å². The number of carbonyl (C=O) groups excluding carboxylic acids is 2. The molecule has 2 aliphatic rings. The zero-order valence-electron chi connectivity index (χ0n) is 19.9. The van der Waals surface area contributed by atoms with E-state index in [2.05, 4.69) is 18.2 Å². The highest BCUT2D eigenvalue weighted by atomic mass is 16.7. The van der Waals surface area contributed by atoms with E-state index >= 15 is 0 Å². The van der Waals surface area contributed by atoms with Crippen LogP contribution in [0.15, 0.2) is 84.9 Å². The van der Waals surface area contributed by atoms with Gasteiger partial charge in [-0.2, -0.15) is 0 Å². The fourth-order valence-corrected chi connectivity index (χ4v) is 5.78. The molecule has 0 spiro atoms. The molecule has 0 aliphatic carbocycles. The van der Waals surface area contributed by atoms with Gasteiger partial charge in [0.1, 0.15) is 5.92 Å². The van der Waals surface area contributed by atoms with Gasteiger partial charge in [-0.25, -0.2) is 9.96 Å². The van der Waals surface area contributed by atoms with Gasteiger partial charge in [0.15, 0.2) is 6.10 Å². The van der Waals surface area contributed by atoms with Crippen molar-refractivity contribution < 1.29 is 14.4 Å². The van der Waals surface area contributed by atoms with E-state index in [1.807, 2.05) is 87.5 Å². The third-order valence-electron chi connectivity index (χ3n) is 7.13. The Balaban J connectivity index is 1.52. The van der Waals surface area contributed by atoms with Crippen LogP contribution in [-0.2, 0) is 14.4 Å². The molecule has 0 aromatic heterocycles. The maximum absolute atomic E-state index is 14.1. The van der Waals surface area contributed by atoms with E-state index in [1.165, 1.54) is 4.90 Å². The SMILES string of the molecule is Cc1cc(C)c(N2C(=O)[C@@H]3[C@H](ON(c4ccccc4)[C@@H]3c3cccc4ccccc34)C2=O)c(C)c1. The Morgan fingerprint density at radius 1 is 0.743 bits per heavy atom. The molecule has 2 amide bonds. The summed E-state index contributed by atoms with van der Waals surface area (Å²) in [6, 6.07) is 27.5. The van der Waals surface area contributed by atoms with E-state index in [4.69, 9.17) is 4.84 Å². The van der Waals surface area contributed by atoms with E-state index in [9.17, 15) is 9.59 Å². The fourth-order valence-electron chi connectivity index (χ4n) is 5.78. The first kappa shape index (κ1) is 21.6. The van der Waals surface area contributed by atoms with E-state index in [-0.39, 0.29) is 11.8 Å². The molecule has 5 nitrogen and oxygen atoms in total. The van der Waals surface area contributed by atoms with Crippen LogP contribution in [0, 0.1) is 26.7 Å². The zero-order valence-corrected chi connectivity index (χ0v) is 19.9. The Morgan fingerprint density at radius 2 is 1.40 bits per heavy atom. The highest BCUT2D eigenvalue weighted by molar-refractivity contribution is 6.24. The van der Waals surface area contributed by atoms with Gasteiger partial charge >= 0.3 is 0 Å². The zero-order chi connectivity index (χ0) is 24.3. The lowest BCUT2D eigenvalue weighted by Gasteiger charge is -2.30. The predicted octanol–water partition coefficient (Wildman–Crippen LogP) is 5.82. The molecule has 2 heterocycles. The Bertz CT molecular complexity index is 1450. The summed E-state index contributed by atoms with van der Waals surface area (Å²) in [5.74, 6) is -1.18. The number of hydrogen-bond donors (Lipinski definition) is 0. The number of nitrogens with zero attached hydrogens (tertiary/aromatic N) is 2. The lowest BCUT2D eigenvalue weighted by molar-refractivity contribution is -0.126. The molecule has 2 aliphatic heterocycles. The molecule has 0 unspecified atom stereocenters. The summed E-state index contributed by atoms with van der Waals surface area (Å²) in [5.41, 5.74) is 5.38. The third kappa shape index (κ3) is 3.27. The number of aryl methyl sites for hydroxylation is 3. The molecule has 4 aromatic rings. The van der Waals surface area contributed by atoms with Crippen LogP contribution in [0.25, 0.3) is 10.8 Å². The lowest BCUT2D eigenvalue weighted by Crippen LogP contribution is -2.38. The third-order valence-corrected chi connectivity index (χ3v) is 7.13. The number of anilines is 2. The minimum absolute atomic E-state index is 0.216. The van der Waals surface area contributed by atoms with Crippen molar-refractivity contribution in [1.82, 2.24) is 0 Å². The summed E-state index contributed by atoms with van der Waals surface area (Å²) in [6.07, 6.45) is -0.883. The van der Waals surface area contributed by atoms with Gasteiger partial charge in [0.05, 0.1) is 17.4 Å².